The van der Waals surface area contributed by atoms with Gasteiger partial charge in [-0.1, -0.05) is 6.07 Å². The van der Waals surface area contributed by atoms with Crippen LogP contribution in [0.3, 0.4) is 0 Å². The summed E-state index contributed by atoms with van der Waals surface area (Å²) in [5.41, 5.74) is 1.61. The summed E-state index contributed by atoms with van der Waals surface area (Å²) in [4.78, 5) is 30.9. The summed E-state index contributed by atoms with van der Waals surface area (Å²) in [6.45, 7) is 5.36. The first-order chi connectivity index (χ1) is 16.0. The second-order valence-electron chi connectivity index (χ2n) is 11.1. The van der Waals surface area contributed by atoms with E-state index in [-0.39, 0.29) is 29.3 Å². The Morgan fingerprint density at radius 3 is 2.61 bits per heavy atom. The Morgan fingerprint density at radius 2 is 1.91 bits per heavy atom. The van der Waals surface area contributed by atoms with Crippen molar-refractivity contribution in [3.8, 4) is 5.75 Å². The van der Waals surface area contributed by atoms with Crippen molar-refractivity contribution in [2.24, 2.45) is 11.8 Å². The van der Waals surface area contributed by atoms with E-state index in [1.54, 1.807) is 14.0 Å². The standard InChI is InChI=1S/C27H36N2O4/c1-18(30)33-27-16-21(25(31)28-10-3-4-11-28)15-26(27)9-12-29(17-19-5-6-19)24(27)13-20-7-8-22(32-2)14-23(20)26/h7-8,14,19,21,24H,3-6,9-13,15-17H2,1-2H3/t21-,24+,26+,27+/m0/s1. The highest BCUT2D eigenvalue weighted by molar-refractivity contribution is 5.81. The summed E-state index contributed by atoms with van der Waals surface area (Å²) in [6.07, 6.45) is 8.00. The molecule has 1 amide bonds. The van der Waals surface area contributed by atoms with Gasteiger partial charge in [0.25, 0.3) is 0 Å². The largest absolute Gasteiger partial charge is 0.497 e. The van der Waals surface area contributed by atoms with Crippen LogP contribution in [0.5, 0.6) is 5.75 Å². The maximum atomic E-state index is 13.7. The van der Waals surface area contributed by atoms with E-state index in [1.165, 1.54) is 24.0 Å². The third kappa shape index (κ3) is 3.23. The molecule has 6 heteroatoms. The molecule has 5 aliphatic rings. The van der Waals surface area contributed by atoms with Gasteiger partial charge in [-0.3, -0.25) is 14.5 Å². The second-order valence-corrected chi connectivity index (χ2v) is 11.1. The topological polar surface area (TPSA) is 59.1 Å². The van der Waals surface area contributed by atoms with Gasteiger partial charge >= 0.3 is 5.97 Å². The van der Waals surface area contributed by atoms with Gasteiger partial charge in [0.2, 0.25) is 5.91 Å². The van der Waals surface area contributed by atoms with Crippen molar-refractivity contribution < 1.29 is 19.1 Å². The summed E-state index contributed by atoms with van der Waals surface area (Å²) >= 11 is 0. The predicted molar refractivity (Wildman–Crippen MR) is 124 cm³/mol. The van der Waals surface area contributed by atoms with Gasteiger partial charge in [0, 0.05) is 44.3 Å². The van der Waals surface area contributed by atoms with Crippen LogP contribution in [0.4, 0.5) is 0 Å². The number of piperidine rings is 1. The molecule has 0 N–H and O–H groups in total. The van der Waals surface area contributed by atoms with Crippen molar-refractivity contribution >= 4 is 11.9 Å². The van der Waals surface area contributed by atoms with Crippen molar-refractivity contribution in [3.63, 3.8) is 0 Å². The van der Waals surface area contributed by atoms with E-state index in [0.717, 1.165) is 70.0 Å². The first-order valence-electron chi connectivity index (χ1n) is 12.9. The molecule has 33 heavy (non-hydrogen) atoms. The minimum Gasteiger partial charge on any atom is -0.497 e. The van der Waals surface area contributed by atoms with Gasteiger partial charge in [0.05, 0.1) is 13.2 Å². The van der Waals surface area contributed by atoms with Gasteiger partial charge in [0.1, 0.15) is 11.4 Å². The predicted octanol–water partition coefficient (Wildman–Crippen LogP) is 3.31. The van der Waals surface area contributed by atoms with E-state index in [0.29, 0.717) is 6.42 Å². The van der Waals surface area contributed by atoms with Crippen LogP contribution in [0.25, 0.3) is 0 Å². The first kappa shape index (κ1) is 21.5. The monoisotopic (exact) mass is 452 g/mol. The zero-order chi connectivity index (χ0) is 22.8. The number of esters is 1. The lowest BCUT2D eigenvalue weighted by Gasteiger charge is -2.60. The van der Waals surface area contributed by atoms with Crippen LogP contribution in [0.1, 0.15) is 63.0 Å². The van der Waals surface area contributed by atoms with E-state index >= 15 is 0 Å². The lowest BCUT2D eigenvalue weighted by atomic mass is 9.56. The third-order valence-electron chi connectivity index (χ3n) is 9.29. The van der Waals surface area contributed by atoms with Gasteiger partial charge in [-0.15, -0.1) is 0 Å². The van der Waals surface area contributed by atoms with Crippen LogP contribution in [-0.2, 0) is 26.2 Å². The Balaban J connectivity index is 1.48. The molecule has 0 radical (unpaired) electrons. The van der Waals surface area contributed by atoms with Crippen LogP contribution >= 0.6 is 0 Å². The molecule has 6 rings (SSSR count). The quantitative estimate of drug-likeness (QED) is 0.642. The van der Waals surface area contributed by atoms with Crippen molar-refractivity contribution in [1.29, 1.82) is 0 Å². The molecule has 1 aromatic carbocycles. The van der Waals surface area contributed by atoms with E-state index < -0.39 is 5.60 Å². The average molecular weight is 453 g/mol. The number of likely N-dealkylation sites (tertiary alicyclic amines) is 2. The van der Waals surface area contributed by atoms with Crippen LogP contribution < -0.4 is 4.74 Å². The van der Waals surface area contributed by atoms with Crippen LogP contribution in [0.15, 0.2) is 18.2 Å². The fourth-order valence-corrected chi connectivity index (χ4v) is 7.75. The van der Waals surface area contributed by atoms with Gasteiger partial charge in [-0.2, -0.15) is 0 Å². The lowest BCUT2D eigenvalue weighted by molar-refractivity contribution is -0.189. The molecule has 2 bridgehead atoms. The van der Waals surface area contributed by atoms with Crippen LogP contribution in [-0.4, -0.2) is 66.6 Å². The normalized spacial score (nSPS) is 35.2. The molecular formula is C27H36N2O4. The molecule has 178 valence electrons. The molecule has 1 aromatic rings. The van der Waals surface area contributed by atoms with Crippen molar-refractivity contribution in [1.82, 2.24) is 9.80 Å². The molecule has 0 aromatic heterocycles. The number of carbonyl (C=O) groups is 2. The fraction of sp³-hybridized carbons (Fsp3) is 0.704. The van der Waals surface area contributed by atoms with Crippen molar-refractivity contribution in [3.05, 3.63) is 29.3 Å². The Hall–Kier alpha value is -2.08. The Labute approximate surface area is 196 Å². The van der Waals surface area contributed by atoms with E-state index in [2.05, 4.69) is 28.0 Å². The Bertz CT molecular complexity index is 969. The molecule has 0 spiro atoms. The molecule has 2 heterocycles. The second kappa shape index (κ2) is 7.72. The molecular weight excluding hydrogens is 416 g/mol. The first-order valence-corrected chi connectivity index (χ1v) is 12.9. The minimum absolute atomic E-state index is 0.0945. The Kier molecular flexibility index (Phi) is 5.02. The number of rotatable bonds is 5. The molecule has 2 aliphatic heterocycles. The number of amides is 1. The number of nitrogens with zero attached hydrogens (tertiary/aromatic N) is 2. The minimum atomic E-state index is -0.647. The molecule has 2 saturated carbocycles. The van der Waals surface area contributed by atoms with Crippen LogP contribution in [0, 0.1) is 11.8 Å². The SMILES string of the molecule is COc1ccc2c(c1)[C@]13CCN(CC4CC4)[C@H](C2)[C@]1(OC(C)=O)C[C@@H](C(=O)N1CCCC1)C3. The van der Waals surface area contributed by atoms with Gasteiger partial charge < -0.3 is 14.4 Å². The number of benzene rings is 1. The van der Waals surface area contributed by atoms with Crippen molar-refractivity contribution in [2.45, 2.75) is 75.3 Å². The van der Waals surface area contributed by atoms with Crippen LogP contribution in [0.2, 0.25) is 0 Å². The van der Waals surface area contributed by atoms with E-state index in [1.807, 2.05) is 0 Å². The average Bonchev–Trinajstić information content (AvgIpc) is 3.30. The van der Waals surface area contributed by atoms with Gasteiger partial charge in [-0.05, 0) is 80.7 Å². The molecule has 6 nitrogen and oxygen atoms in total. The van der Waals surface area contributed by atoms with E-state index in [9.17, 15) is 9.59 Å². The highest BCUT2D eigenvalue weighted by Gasteiger charge is 2.71. The third-order valence-corrected chi connectivity index (χ3v) is 9.29. The molecule has 3 aliphatic carbocycles. The van der Waals surface area contributed by atoms with Crippen molar-refractivity contribution in [2.75, 3.05) is 33.3 Å². The number of methoxy groups -OCH3 is 1. The summed E-state index contributed by atoms with van der Waals surface area (Å²) < 4.78 is 12.1. The maximum Gasteiger partial charge on any atom is 0.303 e. The molecule has 2 saturated heterocycles. The number of ether oxygens (including phenoxy) is 2. The summed E-state index contributed by atoms with van der Waals surface area (Å²) in [5, 5.41) is 0. The lowest BCUT2D eigenvalue weighted by Crippen LogP contribution is -2.70. The van der Waals surface area contributed by atoms with Gasteiger partial charge in [0.15, 0.2) is 0 Å². The highest BCUT2D eigenvalue weighted by atomic mass is 16.6. The molecule has 0 unspecified atom stereocenters. The van der Waals surface area contributed by atoms with Gasteiger partial charge in [-0.25, -0.2) is 0 Å². The van der Waals surface area contributed by atoms with E-state index in [4.69, 9.17) is 9.47 Å². The number of hydrogen-bond acceptors (Lipinski definition) is 5. The summed E-state index contributed by atoms with van der Waals surface area (Å²) in [5.74, 6) is 1.56. The summed E-state index contributed by atoms with van der Waals surface area (Å²) in [6, 6.07) is 6.56. The molecule has 4 atom stereocenters. The number of hydrogen-bond donors (Lipinski definition) is 0. The fourth-order valence-electron chi connectivity index (χ4n) is 7.75. The smallest absolute Gasteiger partial charge is 0.303 e. The zero-order valence-electron chi connectivity index (χ0n) is 20.0. The number of fused-ring (bicyclic) bond motifs is 1. The highest BCUT2D eigenvalue weighted by Crippen LogP contribution is 2.64. The number of carbonyl (C=O) groups excluding carboxylic acids is 2. The zero-order valence-corrected chi connectivity index (χ0v) is 20.0. The molecule has 4 fully saturated rings. The summed E-state index contributed by atoms with van der Waals surface area (Å²) in [7, 11) is 1.71. The Morgan fingerprint density at radius 1 is 1.12 bits per heavy atom. The maximum absolute atomic E-state index is 13.7.